The molecule has 1 aliphatic rings. The van der Waals surface area contributed by atoms with Gasteiger partial charge in [0, 0.05) is 44.9 Å². The molecule has 0 radical (unpaired) electrons. The molecule has 10 rings (SSSR count). The zero-order chi connectivity index (χ0) is 36.0. The molecule has 2 aromatic heterocycles. The number of fused-ring (bicyclic) bond motifs is 4. The molecule has 1 atom stereocenters. The van der Waals surface area contributed by atoms with E-state index in [2.05, 4.69) is 187 Å². The van der Waals surface area contributed by atoms with Gasteiger partial charge in [-0.25, -0.2) is 15.0 Å². The fourth-order valence-electron chi connectivity index (χ4n) is 7.90. The molecule has 0 bridgehead atoms. The third-order valence-corrected chi connectivity index (χ3v) is 10.7. The molecule has 0 spiro atoms. The Hall–Kier alpha value is -6.91. The summed E-state index contributed by atoms with van der Waals surface area (Å²) in [6, 6.07) is 59.9. The van der Waals surface area contributed by atoms with E-state index in [4.69, 9.17) is 15.0 Å². The van der Waals surface area contributed by atoms with Gasteiger partial charge in [-0.1, -0.05) is 146 Å². The standard InChI is InChI=1S/C50H36N4/c1-33-11-9-19-45-44-18-7-8-20-46(44)54(47(33)45)43-29-27-38(28-30-43)49-51-48(37-24-21-36(22-25-37)34-12-3-2-4-13-34)52-50(53-49)42-17-10-16-40(32-42)41-26-23-35-14-5-6-15-39(35)31-41/h2-10,12-33H,11H2,1H3. The van der Waals surface area contributed by atoms with Crippen LogP contribution in [0.1, 0.15) is 30.5 Å². The molecule has 4 heteroatoms. The number of hydrogen-bond donors (Lipinski definition) is 0. The molecule has 1 aliphatic carbocycles. The van der Waals surface area contributed by atoms with Crippen LogP contribution in [0.2, 0.25) is 0 Å². The summed E-state index contributed by atoms with van der Waals surface area (Å²) in [4.78, 5) is 15.3. The molecular formula is C50H36N4. The van der Waals surface area contributed by atoms with E-state index in [0.29, 0.717) is 23.4 Å². The van der Waals surface area contributed by atoms with Gasteiger partial charge in [0.05, 0.1) is 5.52 Å². The highest BCUT2D eigenvalue weighted by Gasteiger charge is 2.23. The first-order valence-electron chi connectivity index (χ1n) is 18.6. The molecular weight excluding hydrogens is 657 g/mol. The number of aromatic nitrogens is 4. The summed E-state index contributed by atoms with van der Waals surface area (Å²) in [7, 11) is 0. The van der Waals surface area contributed by atoms with E-state index in [1.807, 2.05) is 6.07 Å². The summed E-state index contributed by atoms with van der Waals surface area (Å²) in [6.45, 7) is 2.32. The third-order valence-electron chi connectivity index (χ3n) is 10.7. The summed E-state index contributed by atoms with van der Waals surface area (Å²) in [5.74, 6) is 2.34. The Kier molecular flexibility index (Phi) is 7.80. The molecule has 256 valence electrons. The highest BCUT2D eigenvalue weighted by Crippen LogP contribution is 2.39. The van der Waals surface area contributed by atoms with E-state index in [1.165, 1.54) is 38.5 Å². The van der Waals surface area contributed by atoms with Crippen molar-refractivity contribution >= 4 is 27.8 Å². The van der Waals surface area contributed by atoms with Crippen LogP contribution in [0.25, 0.3) is 89.9 Å². The number of nitrogens with zero attached hydrogens (tertiary/aromatic N) is 4. The van der Waals surface area contributed by atoms with Crippen molar-refractivity contribution in [2.24, 2.45) is 0 Å². The molecule has 0 saturated heterocycles. The summed E-state index contributed by atoms with van der Waals surface area (Å²) in [6.07, 6.45) is 5.62. The normalized spacial score (nSPS) is 13.7. The van der Waals surface area contributed by atoms with Crippen LogP contribution in [-0.4, -0.2) is 19.5 Å². The maximum absolute atomic E-state index is 5.14. The number of hydrogen-bond acceptors (Lipinski definition) is 3. The van der Waals surface area contributed by atoms with E-state index in [-0.39, 0.29) is 0 Å². The third kappa shape index (κ3) is 5.69. The zero-order valence-corrected chi connectivity index (χ0v) is 29.9. The monoisotopic (exact) mass is 692 g/mol. The van der Waals surface area contributed by atoms with Crippen LogP contribution in [-0.2, 0) is 0 Å². The lowest BCUT2D eigenvalue weighted by Crippen LogP contribution is -2.07. The molecule has 0 amide bonds. The highest BCUT2D eigenvalue weighted by atomic mass is 15.0. The van der Waals surface area contributed by atoms with Gasteiger partial charge >= 0.3 is 0 Å². The second-order valence-electron chi connectivity index (χ2n) is 14.1. The second-order valence-corrected chi connectivity index (χ2v) is 14.1. The Morgan fingerprint density at radius 2 is 1.02 bits per heavy atom. The topological polar surface area (TPSA) is 43.6 Å². The Bertz CT molecular complexity index is 2850. The van der Waals surface area contributed by atoms with Crippen LogP contribution in [0.3, 0.4) is 0 Å². The van der Waals surface area contributed by atoms with Crippen LogP contribution < -0.4 is 0 Å². The van der Waals surface area contributed by atoms with E-state index < -0.39 is 0 Å². The Morgan fingerprint density at radius 1 is 0.463 bits per heavy atom. The lowest BCUT2D eigenvalue weighted by molar-refractivity contribution is 0.723. The number of rotatable bonds is 6. The lowest BCUT2D eigenvalue weighted by Gasteiger charge is -2.19. The summed E-state index contributed by atoms with van der Waals surface area (Å²) < 4.78 is 2.43. The van der Waals surface area contributed by atoms with Gasteiger partial charge in [0.2, 0.25) is 0 Å². The molecule has 0 saturated carbocycles. The van der Waals surface area contributed by atoms with E-state index in [1.54, 1.807) is 0 Å². The molecule has 7 aromatic carbocycles. The molecule has 1 unspecified atom stereocenters. The minimum Gasteiger partial charge on any atom is -0.313 e. The number of para-hydroxylation sites is 1. The van der Waals surface area contributed by atoms with Gasteiger partial charge in [-0.3, -0.25) is 0 Å². The Labute approximate surface area is 314 Å². The maximum atomic E-state index is 5.14. The van der Waals surface area contributed by atoms with Crippen molar-refractivity contribution in [1.82, 2.24) is 19.5 Å². The van der Waals surface area contributed by atoms with Gasteiger partial charge in [-0.05, 0) is 81.9 Å². The predicted molar refractivity (Wildman–Crippen MR) is 223 cm³/mol. The first-order valence-corrected chi connectivity index (χ1v) is 18.6. The van der Waals surface area contributed by atoms with Crippen molar-refractivity contribution in [2.75, 3.05) is 0 Å². The van der Waals surface area contributed by atoms with Gasteiger partial charge < -0.3 is 4.57 Å². The van der Waals surface area contributed by atoms with Crippen LogP contribution in [0, 0.1) is 0 Å². The molecule has 9 aromatic rings. The average Bonchev–Trinajstić information content (AvgIpc) is 3.59. The highest BCUT2D eigenvalue weighted by molar-refractivity contribution is 5.94. The Morgan fingerprint density at radius 3 is 1.80 bits per heavy atom. The van der Waals surface area contributed by atoms with Crippen molar-refractivity contribution in [3.05, 3.63) is 187 Å². The van der Waals surface area contributed by atoms with Crippen molar-refractivity contribution in [1.29, 1.82) is 0 Å². The van der Waals surface area contributed by atoms with Crippen molar-refractivity contribution in [3.8, 4) is 62.1 Å². The van der Waals surface area contributed by atoms with E-state index >= 15 is 0 Å². The van der Waals surface area contributed by atoms with Crippen LogP contribution in [0.4, 0.5) is 0 Å². The fourth-order valence-corrected chi connectivity index (χ4v) is 7.90. The van der Waals surface area contributed by atoms with E-state index in [0.717, 1.165) is 45.5 Å². The smallest absolute Gasteiger partial charge is 0.164 e. The second kappa shape index (κ2) is 13.3. The van der Waals surface area contributed by atoms with Crippen LogP contribution in [0.5, 0.6) is 0 Å². The minimum absolute atomic E-state index is 0.421. The Balaban J connectivity index is 1.08. The number of benzene rings is 7. The maximum Gasteiger partial charge on any atom is 0.164 e. The average molecular weight is 693 g/mol. The van der Waals surface area contributed by atoms with Crippen molar-refractivity contribution < 1.29 is 0 Å². The van der Waals surface area contributed by atoms with Gasteiger partial charge in [-0.2, -0.15) is 0 Å². The first-order chi connectivity index (χ1) is 26.7. The molecule has 54 heavy (non-hydrogen) atoms. The van der Waals surface area contributed by atoms with Gasteiger partial charge in [0.1, 0.15) is 0 Å². The predicted octanol–water partition coefficient (Wildman–Crippen LogP) is 12.8. The molecule has 0 N–H and O–H groups in total. The quantitative estimate of drug-likeness (QED) is 0.174. The summed E-state index contributed by atoms with van der Waals surface area (Å²) in [5.41, 5.74) is 12.5. The fraction of sp³-hybridized carbons (Fsp3) is 0.0600. The summed E-state index contributed by atoms with van der Waals surface area (Å²) >= 11 is 0. The number of allylic oxidation sites excluding steroid dienone is 1. The minimum atomic E-state index is 0.421. The largest absolute Gasteiger partial charge is 0.313 e. The first kappa shape index (κ1) is 31.8. The molecule has 2 heterocycles. The van der Waals surface area contributed by atoms with Crippen molar-refractivity contribution in [2.45, 2.75) is 19.3 Å². The van der Waals surface area contributed by atoms with Gasteiger partial charge in [0.25, 0.3) is 0 Å². The van der Waals surface area contributed by atoms with E-state index in [9.17, 15) is 0 Å². The lowest BCUT2D eigenvalue weighted by atomic mass is 9.93. The van der Waals surface area contributed by atoms with Gasteiger partial charge in [0.15, 0.2) is 17.5 Å². The van der Waals surface area contributed by atoms with Crippen LogP contribution >= 0.6 is 0 Å². The SMILES string of the molecule is CC1CC=Cc2c1n(-c1ccc(-c3nc(-c4ccc(-c5ccccc5)cc4)nc(-c4cccc(-c5ccc6ccccc6c5)c4)n3)cc1)c1ccccc21. The zero-order valence-electron chi connectivity index (χ0n) is 29.9. The molecule has 0 fully saturated rings. The molecule has 4 nitrogen and oxygen atoms in total. The summed E-state index contributed by atoms with van der Waals surface area (Å²) in [5, 5.41) is 3.73. The van der Waals surface area contributed by atoms with Crippen molar-refractivity contribution in [3.63, 3.8) is 0 Å². The van der Waals surface area contributed by atoms with Crippen LogP contribution in [0.15, 0.2) is 176 Å². The van der Waals surface area contributed by atoms with Gasteiger partial charge in [-0.15, -0.1) is 0 Å². The molecule has 0 aliphatic heterocycles.